The highest BCUT2D eigenvalue weighted by molar-refractivity contribution is 6.09. The van der Waals surface area contributed by atoms with E-state index in [-0.39, 0.29) is 16.2 Å². The minimum Gasteiger partial charge on any atom is -0.457 e. The molecule has 0 amide bonds. The van der Waals surface area contributed by atoms with Crippen molar-refractivity contribution in [1.82, 2.24) is 9.55 Å². The fourth-order valence-corrected chi connectivity index (χ4v) is 7.49. The molecule has 1 aliphatic rings. The van der Waals surface area contributed by atoms with Crippen LogP contribution < -0.4 is 14.5 Å². The summed E-state index contributed by atoms with van der Waals surface area (Å²) in [5.41, 5.74) is 9.33. The smallest absolute Gasteiger partial charge is 0.137 e. The van der Waals surface area contributed by atoms with Crippen molar-refractivity contribution in [1.29, 1.82) is 0 Å². The van der Waals surface area contributed by atoms with Crippen molar-refractivity contribution in [3.63, 3.8) is 0 Å². The lowest BCUT2D eigenvalue weighted by Gasteiger charge is -2.28. The summed E-state index contributed by atoms with van der Waals surface area (Å²) in [4.78, 5) is 9.48. The van der Waals surface area contributed by atoms with Crippen molar-refractivity contribution in [3.05, 3.63) is 168 Å². The summed E-state index contributed by atoms with van der Waals surface area (Å²) >= 11 is 0. The van der Waals surface area contributed by atoms with Gasteiger partial charge in [0.25, 0.3) is 0 Å². The number of ether oxygens (including phenoxy) is 1. The van der Waals surface area contributed by atoms with Gasteiger partial charge in [0, 0.05) is 58.3 Å². The Morgan fingerprint density at radius 3 is 1.93 bits per heavy atom. The Labute approximate surface area is 320 Å². The monoisotopic (exact) mass is 710 g/mol. The fourth-order valence-electron chi connectivity index (χ4n) is 7.49. The average Bonchev–Trinajstić information content (AvgIpc) is 3.78. The van der Waals surface area contributed by atoms with Crippen LogP contribution in [-0.4, -0.2) is 16.2 Å². The van der Waals surface area contributed by atoms with Crippen LogP contribution >= 0.6 is 0 Å². The van der Waals surface area contributed by atoms with E-state index in [1.54, 1.807) is 0 Å². The van der Waals surface area contributed by atoms with Crippen molar-refractivity contribution in [2.45, 2.75) is 71.6 Å². The van der Waals surface area contributed by atoms with Crippen molar-refractivity contribution >= 4 is 33.2 Å². The molecule has 7 aromatic rings. The molecule has 2 aromatic heterocycles. The van der Waals surface area contributed by atoms with Gasteiger partial charge < -0.3 is 14.5 Å². The van der Waals surface area contributed by atoms with Gasteiger partial charge >= 0.3 is 0 Å². The summed E-state index contributed by atoms with van der Waals surface area (Å²) in [5, 5.41) is 2.36. The lowest BCUT2D eigenvalue weighted by Crippen LogP contribution is -2.26. The molecule has 0 spiro atoms. The molecule has 5 nitrogen and oxygen atoms in total. The molecule has 0 bridgehead atoms. The van der Waals surface area contributed by atoms with E-state index in [1.165, 1.54) is 38.7 Å². The van der Waals surface area contributed by atoms with Crippen LogP contribution in [0, 0.1) is 0 Å². The van der Waals surface area contributed by atoms with Crippen LogP contribution in [0.15, 0.2) is 146 Å². The third-order valence-electron chi connectivity index (χ3n) is 10.9. The SMILES string of the molecule is CC(C)(C)c1cc(Oc2ccc3c4ccccc4n(-c4cc(C(C)(C)C)ccn4)c3c2)cc(N2C=CN(c3cccc(C(C)(C)c4ccccc4)c3)C2)c1. The predicted octanol–water partition coefficient (Wildman–Crippen LogP) is 12.6. The second-order valence-electron chi connectivity index (χ2n) is 17.2. The van der Waals surface area contributed by atoms with Crippen LogP contribution in [0.2, 0.25) is 0 Å². The van der Waals surface area contributed by atoms with Crippen molar-refractivity contribution in [3.8, 4) is 17.3 Å². The lowest BCUT2D eigenvalue weighted by atomic mass is 9.78. The van der Waals surface area contributed by atoms with Gasteiger partial charge in [0.15, 0.2) is 0 Å². The summed E-state index contributed by atoms with van der Waals surface area (Å²) in [6, 6.07) is 45.6. The van der Waals surface area contributed by atoms with E-state index in [0.717, 1.165) is 34.0 Å². The lowest BCUT2D eigenvalue weighted by molar-refractivity contribution is 0.479. The Morgan fingerprint density at radius 2 is 1.17 bits per heavy atom. The van der Waals surface area contributed by atoms with Crippen LogP contribution in [0.5, 0.6) is 11.5 Å². The first-order chi connectivity index (χ1) is 25.8. The second kappa shape index (κ2) is 13.2. The number of benzene rings is 5. The molecule has 272 valence electrons. The fraction of sp³-hybridized carbons (Fsp3) is 0.245. The van der Waals surface area contributed by atoms with E-state index in [9.17, 15) is 0 Å². The molecule has 0 saturated heterocycles. The minimum absolute atomic E-state index is 0.00534. The Bertz CT molecular complexity index is 2510. The first-order valence-electron chi connectivity index (χ1n) is 19.0. The number of hydrogen-bond acceptors (Lipinski definition) is 4. The van der Waals surface area contributed by atoms with Gasteiger partial charge in [0.2, 0.25) is 0 Å². The van der Waals surface area contributed by atoms with Gasteiger partial charge in [-0.2, -0.15) is 0 Å². The van der Waals surface area contributed by atoms with E-state index < -0.39 is 0 Å². The number of para-hydroxylation sites is 1. The van der Waals surface area contributed by atoms with Crippen molar-refractivity contribution in [2.75, 3.05) is 16.5 Å². The highest BCUT2D eigenvalue weighted by atomic mass is 16.5. The molecule has 8 rings (SSSR count). The van der Waals surface area contributed by atoms with E-state index in [0.29, 0.717) is 6.67 Å². The molecule has 0 atom stereocenters. The molecule has 0 saturated carbocycles. The highest BCUT2D eigenvalue weighted by Crippen LogP contribution is 2.39. The quantitative estimate of drug-likeness (QED) is 0.165. The summed E-state index contributed by atoms with van der Waals surface area (Å²) < 4.78 is 9.06. The molecule has 0 aliphatic carbocycles. The van der Waals surface area contributed by atoms with E-state index in [2.05, 4.69) is 210 Å². The summed E-state index contributed by atoms with van der Waals surface area (Å²) in [5.74, 6) is 2.50. The van der Waals surface area contributed by atoms with E-state index in [4.69, 9.17) is 9.72 Å². The number of fused-ring (bicyclic) bond motifs is 3. The normalized spacial score (nSPS) is 13.7. The third kappa shape index (κ3) is 6.64. The van der Waals surface area contributed by atoms with Gasteiger partial charge in [0.1, 0.15) is 17.3 Å². The molecule has 0 unspecified atom stereocenters. The van der Waals surface area contributed by atoms with Crippen LogP contribution in [0.4, 0.5) is 11.4 Å². The molecule has 0 fully saturated rings. The maximum atomic E-state index is 6.80. The summed E-state index contributed by atoms with van der Waals surface area (Å²) in [6.45, 7) is 18.8. The number of aromatic nitrogens is 2. The van der Waals surface area contributed by atoms with Crippen molar-refractivity contribution < 1.29 is 4.74 Å². The highest BCUT2D eigenvalue weighted by Gasteiger charge is 2.26. The maximum Gasteiger partial charge on any atom is 0.137 e. The maximum absolute atomic E-state index is 6.80. The van der Waals surface area contributed by atoms with Crippen LogP contribution in [0.25, 0.3) is 27.6 Å². The molecule has 5 heteroatoms. The number of nitrogens with zero attached hydrogens (tertiary/aromatic N) is 4. The topological polar surface area (TPSA) is 33.5 Å². The van der Waals surface area contributed by atoms with Gasteiger partial charge in [-0.05, 0) is 87.7 Å². The molecular weight excluding hydrogens is 661 g/mol. The Hall–Kier alpha value is -5.81. The zero-order chi connectivity index (χ0) is 37.8. The Balaban J connectivity index is 1.12. The first kappa shape index (κ1) is 35.2. The Kier molecular flexibility index (Phi) is 8.64. The number of pyridine rings is 1. The van der Waals surface area contributed by atoms with Gasteiger partial charge in [-0.25, -0.2) is 4.98 Å². The van der Waals surface area contributed by atoms with E-state index >= 15 is 0 Å². The molecular formula is C49H50N4O. The second-order valence-corrected chi connectivity index (χ2v) is 17.2. The van der Waals surface area contributed by atoms with Gasteiger partial charge in [-0.3, -0.25) is 4.57 Å². The Morgan fingerprint density at radius 1 is 0.500 bits per heavy atom. The molecule has 0 radical (unpaired) electrons. The largest absolute Gasteiger partial charge is 0.457 e. The van der Waals surface area contributed by atoms with Gasteiger partial charge in [-0.1, -0.05) is 116 Å². The standard InChI is InChI=1S/C49H50N4O/c1-47(2,3)35-23-24-50-46(30-35)53-44-20-13-12-19-42(44)43-22-21-40(32-45(43)53)54-41-29-37(48(4,5)6)28-39(31-41)52-26-25-51(33-52)38-18-14-17-36(27-38)49(7,8)34-15-10-9-11-16-34/h9-32H,33H2,1-8H3. The summed E-state index contributed by atoms with van der Waals surface area (Å²) in [6.07, 6.45) is 6.27. The number of anilines is 2. The molecule has 1 aliphatic heterocycles. The molecule has 3 heterocycles. The molecule has 54 heavy (non-hydrogen) atoms. The average molecular weight is 711 g/mol. The molecule has 5 aromatic carbocycles. The summed E-state index contributed by atoms with van der Waals surface area (Å²) in [7, 11) is 0. The van der Waals surface area contributed by atoms with E-state index in [1.807, 2.05) is 6.20 Å². The number of rotatable bonds is 7. The van der Waals surface area contributed by atoms with Gasteiger partial charge in [-0.15, -0.1) is 0 Å². The predicted molar refractivity (Wildman–Crippen MR) is 226 cm³/mol. The zero-order valence-corrected chi connectivity index (χ0v) is 32.8. The first-order valence-corrected chi connectivity index (χ1v) is 19.0. The number of hydrogen-bond donors (Lipinski definition) is 0. The van der Waals surface area contributed by atoms with Crippen LogP contribution in [-0.2, 0) is 16.2 Å². The van der Waals surface area contributed by atoms with Crippen LogP contribution in [0.3, 0.4) is 0 Å². The van der Waals surface area contributed by atoms with Crippen LogP contribution in [0.1, 0.15) is 77.6 Å². The molecule has 0 N–H and O–H groups in total. The minimum atomic E-state index is -0.113. The van der Waals surface area contributed by atoms with Gasteiger partial charge in [0.05, 0.1) is 17.7 Å². The third-order valence-corrected chi connectivity index (χ3v) is 10.9. The van der Waals surface area contributed by atoms with Crippen molar-refractivity contribution in [2.24, 2.45) is 0 Å². The zero-order valence-electron chi connectivity index (χ0n) is 32.8.